The number of carbonyl (C=O) groups excluding carboxylic acids is 2. The highest BCUT2D eigenvalue weighted by Gasteiger charge is 2.32. The normalized spacial score (nSPS) is 15.5. The molecule has 1 aromatic heterocycles. The Balaban J connectivity index is 1.73. The molecule has 1 aliphatic heterocycles. The first kappa shape index (κ1) is 22.1. The van der Waals surface area contributed by atoms with Crippen molar-refractivity contribution < 1.29 is 32.2 Å². The molecule has 1 saturated heterocycles. The van der Waals surface area contributed by atoms with E-state index in [1.165, 1.54) is 24.3 Å². The van der Waals surface area contributed by atoms with Gasteiger partial charge in [0.2, 0.25) is 0 Å². The third-order valence-electron chi connectivity index (χ3n) is 4.54. The molecule has 1 atom stereocenters. The van der Waals surface area contributed by atoms with Gasteiger partial charge in [0.05, 0.1) is 36.6 Å². The minimum absolute atomic E-state index is 0.0115. The number of anilines is 2. The summed E-state index contributed by atoms with van der Waals surface area (Å²) in [7, 11) is 0. The number of ether oxygens (including phenoxy) is 2. The average Bonchev–Trinajstić information content (AvgIpc) is 3.20. The molecule has 0 radical (unpaired) electrons. The van der Waals surface area contributed by atoms with Gasteiger partial charge >= 0.3 is 12.1 Å². The van der Waals surface area contributed by atoms with E-state index in [0.717, 1.165) is 17.7 Å². The third-order valence-corrected chi connectivity index (χ3v) is 5.27. The summed E-state index contributed by atoms with van der Waals surface area (Å²) in [5, 5.41) is 6.10. The summed E-state index contributed by atoms with van der Waals surface area (Å²) in [4.78, 5) is 26.4. The number of benzene rings is 1. The molecule has 2 heterocycles. The van der Waals surface area contributed by atoms with Gasteiger partial charge < -0.3 is 19.7 Å². The van der Waals surface area contributed by atoms with Crippen LogP contribution >= 0.6 is 11.3 Å². The van der Waals surface area contributed by atoms with Crippen molar-refractivity contribution in [2.45, 2.75) is 25.6 Å². The number of hydrogen-bond acceptors (Lipinski definition) is 6. The molecule has 30 heavy (non-hydrogen) atoms. The van der Waals surface area contributed by atoms with Crippen LogP contribution in [0.15, 0.2) is 35.0 Å². The Bertz CT molecular complexity index is 881. The van der Waals surface area contributed by atoms with E-state index >= 15 is 0 Å². The van der Waals surface area contributed by atoms with E-state index in [0.29, 0.717) is 32.0 Å². The molecule has 6 nitrogen and oxygen atoms in total. The van der Waals surface area contributed by atoms with Gasteiger partial charge in [-0.3, -0.25) is 9.59 Å². The second kappa shape index (κ2) is 9.48. The highest BCUT2D eigenvalue weighted by molar-refractivity contribution is 7.08. The van der Waals surface area contributed by atoms with Crippen molar-refractivity contribution in [2.75, 3.05) is 36.5 Å². The van der Waals surface area contributed by atoms with E-state index < -0.39 is 29.7 Å². The van der Waals surface area contributed by atoms with E-state index in [1.807, 2.05) is 10.3 Å². The number of nitrogens with zero attached hydrogens (tertiary/aromatic N) is 1. The van der Waals surface area contributed by atoms with Gasteiger partial charge in [-0.2, -0.15) is 24.5 Å². The third kappa shape index (κ3) is 5.73. The Morgan fingerprint density at radius 2 is 2.00 bits per heavy atom. The lowest BCUT2D eigenvalue weighted by atomic mass is 10.1. The molecule has 2 aromatic rings. The summed E-state index contributed by atoms with van der Waals surface area (Å²) in [6, 6.07) is 4.97. The first-order valence-electron chi connectivity index (χ1n) is 9.29. The van der Waals surface area contributed by atoms with Gasteiger partial charge in [0.25, 0.3) is 5.91 Å². The number of halogens is 3. The Hall–Kier alpha value is -2.59. The van der Waals surface area contributed by atoms with Crippen LogP contribution in [0.1, 0.15) is 18.1 Å². The van der Waals surface area contributed by atoms with Crippen molar-refractivity contribution in [2.24, 2.45) is 0 Å². The fourth-order valence-electron chi connectivity index (χ4n) is 2.98. The number of carbonyl (C=O) groups is 2. The zero-order valence-corrected chi connectivity index (χ0v) is 17.0. The van der Waals surface area contributed by atoms with Crippen molar-refractivity contribution in [3.63, 3.8) is 0 Å². The Morgan fingerprint density at radius 3 is 2.63 bits per heavy atom. The monoisotopic (exact) mass is 442 g/mol. The fourth-order valence-corrected chi connectivity index (χ4v) is 3.65. The maximum atomic E-state index is 13.2. The number of amides is 1. The van der Waals surface area contributed by atoms with E-state index in [9.17, 15) is 22.8 Å². The van der Waals surface area contributed by atoms with Crippen molar-refractivity contribution in [3.8, 4) is 0 Å². The van der Waals surface area contributed by atoms with Crippen LogP contribution in [0, 0.1) is 0 Å². The Labute approximate surface area is 175 Å². The van der Waals surface area contributed by atoms with Gasteiger partial charge in [0.15, 0.2) is 6.10 Å². The van der Waals surface area contributed by atoms with Crippen LogP contribution < -0.4 is 10.2 Å². The molecule has 1 fully saturated rings. The van der Waals surface area contributed by atoms with Crippen LogP contribution in [0.4, 0.5) is 24.5 Å². The molecular formula is C20H21F3N2O4S. The van der Waals surface area contributed by atoms with Crippen LogP contribution in [0.2, 0.25) is 0 Å². The number of nitrogens with one attached hydrogen (secondary N) is 1. The number of thiophene rings is 1. The van der Waals surface area contributed by atoms with Crippen molar-refractivity contribution in [1.82, 2.24) is 0 Å². The smallest absolute Gasteiger partial charge is 0.416 e. The Kier molecular flexibility index (Phi) is 6.99. The van der Waals surface area contributed by atoms with Crippen molar-refractivity contribution in [1.29, 1.82) is 0 Å². The summed E-state index contributed by atoms with van der Waals surface area (Å²) in [5.41, 5.74) is 0.357. The molecule has 1 amide bonds. The van der Waals surface area contributed by atoms with Crippen molar-refractivity contribution in [3.05, 3.63) is 46.2 Å². The van der Waals surface area contributed by atoms with Gasteiger partial charge in [-0.05, 0) is 47.5 Å². The molecule has 10 heteroatoms. The standard InChI is InChI=1S/C20H21F3N2O4S/c1-13(29-18(26)10-14-4-9-30-12-14)19(27)24-16-11-15(20(21,22)23)2-3-17(16)25-5-7-28-8-6-25/h2-4,9,11-13H,5-8,10H2,1H3,(H,24,27). The maximum absolute atomic E-state index is 13.2. The molecule has 0 saturated carbocycles. The quantitative estimate of drug-likeness (QED) is 0.691. The van der Waals surface area contributed by atoms with E-state index in [-0.39, 0.29) is 12.1 Å². The summed E-state index contributed by atoms with van der Waals surface area (Å²) in [5.74, 6) is -1.30. The topological polar surface area (TPSA) is 67.9 Å². The Morgan fingerprint density at radius 1 is 1.27 bits per heavy atom. The molecule has 162 valence electrons. The second-order valence-corrected chi connectivity index (χ2v) is 7.54. The molecule has 0 aliphatic carbocycles. The molecule has 1 aliphatic rings. The van der Waals surface area contributed by atoms with Crippen LogP contribution in [0.25, 0.3) is 0 Å². The fraction of sp³-hybridized carbons (Fsp3) is 0.400. The van der Waals surface area contributed by atoms with Gasteiger partial charge in [0, 0.05) is 13.1 Å². The zero-order chi connectivity index (χ0) is 21.7. The lowest BCUT2D eigenvalue weighted by Gasteiger charge is -2.31. The molecule has 1 N–H and O–H groups in total. The number of morpholine rings is 1. The summed E-state index contributed by atoms with van der Waals surface area (Å²) in [6.45, 7) is 3.22. The molecule has 1 aromatic carbocycles. The summed E-state index contributed by atoms with van der Waals surface area (Å²) in [6.07, 6.45) is -5.70. The molecule has 0 spiro atoms. The number of esters is 1. The van der Waals surface area contributed by atoms with Crippen LogP contribution in [0.3, 0.4) is 0 Å². The van der Waals surface area contributed by atoms with E-state index in [4.69, 9.17) is 9.47 Å². The van der Waals surface area contributed by atoms with Gasteiger partial charge in [-0.1, -0.05) is 0 Å². The largest absolute Gasteiger partial charge is 0.452 e. The van der Waals surface area contributed by atoms with E-state index in [2.05, 4.69) is 5.32 Å². The zero-order valence-electron chi connectivity index (χ0n) is 16.2. The summed E-state index contributed by atoms with van der Waals surface area (Å²) >= 11 is 1.43. The van der Waals surface area contributed by atoms with Gasteiger partial charge in [0.1, 0.15) is 0 Å². The molecular weight excluding hydrogens is 421 g/mol. The average molecular weight is 442 g/mol. The maximum Gasteiger partial charge on any atom is 0.416 e. The lowest BCUT2D eigenvalue weighted by molar-refractivity contribution is -0.152. The highest BCUT2D eigenvalue weighted by atomic mass is 32.1. The first-order valence-corrected chi connectivity index (χ1v) is 10.2. The van der Waals surface area contributed by atoms with Gasteiger partial charge in [-0.25, -0.2) is 0 Å². The summed E-state index contributed by atoms with van der Waals surface area (Å²) < 4.78 is 49.9. The molecule has 1 unspecified atom stereocenters. The molecule has 0 bridgehead atoms. The van der Waals surface area contributed by atoms with E-state index in [1.54, 1.807) is 11.4 Å². The minimum Gasteiger partial charge on any atom is -0.452 e. The first-order chi connectivity index (χ1) is 14.2. The predicted molar refractivity (Wildman–Crippen MR) is 107 cm³/mol. The van der Waals surface area contributed by atoms with Crippen LogP contribution in [-0.2, 0) is 31.7 Å². The highest BCUT2D eigenvalue weighted by Crippen LogP contribution is 2.35. The van der Waals surface area contributed by atoms with Crippen molar-refractivity contribution >= 4 is 34.6 Å². The second-order valence-electron chi connectivity index (χ2n) is 6.76. The minimum atomic E-state index is -4.55. The lowest BCUT2D eigenvalue weighted by Crippen LogP contribution is -2.37. The van der Waals surface area contributed by atoms with Crippen LogP contribution in [0.5, 0.6) is 0 Å². The van der Waals surface area contributed by atoms with Crippen LogP contribution in [-0.4, -0.2) is 44.3 Å². The number of rotatable bonds is 6. The van der Waals surface area contributed by atoms with Gasteiger partial charge in [-0.15, -0.1) is 0 Å². The predicted octanol–water partition coefficient (Wildman–Crippen LogP) is 3.72. The number of alkyl halides is 3. The number of hydrogen-bond donors (Lipinski definition) is 1. The SMILES string of the molecule is CC(OC(=O)Cc1ccsc1)C(=O)Nc1cc(C(F)(F)F)ccc1N1CCOCC1. The molecule has 3 rings (SSSR count).